The molecule has 0 saturated heterocycles. The van der Waals surface area contributed by atoms with E-state index in [1.54, 1.807) is 56.8 Å². The molecular formula is C28H29ClN2O5. The van der Waals surface area contributed by atoms with E-state index in [-0.39, 0.29) is 19.0 Å². The number of aryl methyl sites for hydroxylation is 2. The normalized spacial score (nSPS) is 11.8. The van der Waals surface area contributed by atoms with Crippen molar-refractivity contribution in [2.45, 2.75) is 19.9 Å². The van der Waals surface area contributed by atoms with E-state index in [0.29, 0.717) is 39.1 Å². The Balaban J connectivity index is 1.82. The number of nitrogens with one attached hydrogen (secondary N) is 2. The maximum atomic E-state index is 14.1. The highest BCUT2D eigenvalue weighted by atomic mass is 35.5. The lowest BCUT2D eigenvalue weighted by atomic mass is 9.95. The molecule has 7 nitrogen and oxygen atoms in total. The maximum absolute atomic E-state index is 14.1. The number of carbonyl (C=O) groups is 1. The molecule has 0 bridgehead atoms. The second-order valence-corrected chi connectivity index (χ2v) is 8.92. The van der Waals surface area contributed by atoms with Gasteiger partial charge in [0.15, 0.2) is 5.78 Å². The van der Waals surface area contributed by atoms with E-state index in [1.165, 1.54) is 0 Å². The first-order valence-corrected chi connectivity index (χ1v) is 11.9. The number of H-pyrrole nitrogens is 1. The fourth-order valence-electron chi connectivity index (χ4n) is 4.14. The quantitative estimate of drug-likeness (QED) is 0.232. The van der Waals surface area contributed by atoms with Gasteiger partial charge in [0, 0.05) is 57.1 Å². The number of ketones is 1. The Morgan fingerprint density at radius 2 is 1.78 bits per heavy atom. The Labute approximate surface area is 215 Å². The summed E-state index contributed by atoms with van der Waals surface area (Å²) in [6, 6.07) is 13.7. The molecule has 0 aliphatic carbocycles. The lowest BCUT2D eigenvalue weighted by Crippen LogP contribution is -2.22. The summed E-state index contributed by atoms with van der Waals surface area (Å²) in [6.07, 6.45) is 1.74. The van der Waals surface area contributed by atoms with Gasteiger partial charge in [-0.3, -0.25) is 4.79 Å². The summed E-state index contributed by atoms with van der Waals surface area (Å²) in [5.41, 5.74) is 4.93. The monoisotopic (exact) mass is 508 g/mol. The van der Waals surface area contributed by atoms with Gasteiger partial charge < -0.3 is 29.6 Å². The zero-order chi connectivity index (χ0) is 25.8. The number of rotatable bonds is 10. The van der Waals surface area contributed by atoms with Crippen LogP contribution in [-0.2, 0) is 0 Å². The predicted molar refractivity (Wildman–Crippen MR) is 142 cm³/mol. The molecule has 1 heterocycles. The van der Waals surface area contributed by atoms with Crippen LogP contribution in [0.5, 0.6) is 17.2 Å². The Morgan fingerprint density at radius 3 is 2.50 bits per heavy atom. The molecule has 0 amide bonds. The van der Waals surface area contributed by atoms with Gasteiger partial charge in [-0.25, -0.2) is 0 Å². The Morgan fingerprint density at radius 1 is 1.03 bits per heavy atom. The van der Waals surface area contributed by atoms with E-state index in [9.17, 15) is 4.79 Å². The highest BCUT2D eigenvalue weighted by molar-refractivity contribution is 6.30. The lowest BCUT2D eigenvalue weighted by Gasteiger charge is -2.22. The van der Waals surface area contributed by atoms with E-state index >= 15 is 0 Å². The van der Waals surface area contributed by atoms with E-state index in [1.807, 2.05) is 26.0 Å². The number of anilines is 1. The van der Waals surface area contributed by atoms with Gasteiger partial charge in [-0.2, -0.15) is 0 Å². The first-order valence-electron chi connectivity index (χ1n) is 11.5. The Hall–Kier alpha value is -3.68. The number of aliphatic hydroxyl groups excluding tert-OH is 1. The number of fused-ring (bicyclic) bond motifs is 1. The number of benzene rings is 3. The minimum atomic E-state index is -0.810. The maximum Gasteiger partial charge on any atom is 0.191 e. The zero-order valence-corrected chi connectivity index (χ0v) is 21.4. The van der Waals surface area contributed by atoms with Crippen LogP contribution in [0, 0.1) is 13.8 Å². The van der Waals surface area contributed by atoms with Gasteiger partial charge in [-0.1, -0.05) is 17.7 Å². The average Bonchev–Trinajstić information content (AvgIpc) is 3.28. The van der Waals surface area contributed by atoms with Crippen LogP contribution in [0.4, 0.5) is 5.69 Å². The van der Waals surface area contributed by atoms with Gasteiger partial charge in [0.05, 0.1) is 20.8 Å². The van der Waals surface area contributed by atoms with E-state index in [0.717, 1.165) is 22.0 Å². The molecule has 4 aromatic rings. The highest BCUT2D eigenvalue weighted by Crippen LogP contribution is 2.36. The van der Waals surface area contributed by atoms with E-state index in [4.69, 9.17) is 30.9 Å². The molecule has 4 rings (SSSR count). The second-order valence-electron chi connectivity index (χ2n) is 8.48. The molecule has 0 aliphatic heterocycles. The Kier molecular flexibility index (Phi) is 7.72. The standard InChI is InChI=1S/C28H29ClN2O5/c1-16-9-23-24(15-30-25(23)10-17(16)2)28(33)27(22-6-5-18(29)11-26(22)35-4)31-19-12-20(34-3)14-21(13-19)36-8-7-32/h5-6,9-15,27,30-32H,7-8H2,1-4H3. The number of aliphatic hydroxyl groups is 1. The molecule has 0 fully saturated rings. The van der Waals surface area contributed by atoms with Gasteiger partial charge in [-0.15, -0.1) is 0 Å². The van der Waals surface area contributed by atoms with Crippen LogP contribution in [0.3, 0.4) is 0 Å². The third-order valence-corrected chi connectivity index (χ3v) is 6.35. The number of aromatic amines is 1. The van der Waals surface area contributed by atoms with Gasteiger partial charge in [0.2, 0.25) is 0 Å². The molecule has 3 aromatic carbocycles. The largest absolute Gasteiger partial charge is 0.497 e. The summed E-state index contributed by atoms with van der Waals surface area (Å²) in [5, 5.41) is 13.9. The number of carbonyl (C=O) groups excluding carboxylic acids is 1. The third kappa shape index (κ3) is 5.27. The summed E-state index contributed by atoms with van der Waals surface area (Å²) in [7, 11) is 3.09. The minimum absolute atomic E-state index is 0.123. The molecule has 1 atom stereocenters. The molecule has 36 heavy (non-hydrogen) atoms. The van der Waals surface area contributed by atoms with Gasteiger partial charge in [0.25, 0.3) is 0 Å². The number of Topliss-reactive ketones (excluding diaryl/α,β-unsaturated/α-hetero) is 1. The molecular weight excluding hydrogens is 480 g/mol. The summed E-state index contributed by atoms with van der Waals surface area (Å²) in [6.45, 7) is 4.08. The minimum Gasteiger partial charge on any atom is -0.497 e. The van der Waals surface area contributed by atoms with Crippen molar-refractivity contribution >= 4 is 34.0 Å². The Bertz CT molecular complexity index is 1400. The number of halogens is 1. The van der Waals surface area contributed by atoms with Crippen molar-refractivity contribution in [1.82, 2.24) is 4.98 Å². The summed E-state index contributed by atoms with van der Waals surface area (Å²) >= 11 is 6.21. The van der Waals surface area contributed by atoms with Crippen molar-refractivity contribution in [1.29, 1.82) is 0 Å². The van der Waals surface area contributed by atoms with Crippen LogP contribution in [0.1, 0.15) is 33.1 Å². The summed E-state index contributed by atoms with van der Waals surface area (Å²) in [5.74, 6) is 1.38. The molecule has 0 radical (unpaired) electrons. The molecule has 0 spiro atoms. The highest BCUT2D eigenvalue weighted by Gasteiger charge is 2.28. The van der Waals surface area contributed by atoms with Crippen molar-refractivity contribution in [3.8, 4) is 17.2 Å². The zero-order valence-electron chi connectivity index (χ0n) is 20.6. The number of ether oxygens (including phenoxy) is 3. The molecule has 188 valence electrons. The van der Waals surface area contributed by atoms with Gasteiger partial charge in [-0.05, 0) is 49.2 Å². The molecule has 0 aliphatic rings. The van der Waals surface area contributed by atoms with Crippen LogP contribution in [-0.4, -0.2) is 43.3 Å². The van der Waals surface area contributed by atoms with Gasteiger partial charge in [0.1, 0.15) is 29.9 Å². The second kappa shape index (κ2) is 10.9. The molecule has 0 saturated carbocycles. The smallest absolute Gasteiger partial charge is 0.191 e. The summed E-state index contributed by atoms with van der Waals surface area (Å²) in [4.78, 5) is 17.3. The van der Waals surface area contributed by atoms with Crippen LogP contribution >= 0.6 is 11.6 Å². The third-order valence-electron chi connectivity index (χ3n) is 6.12. The number of aromatic nitrogens is 1. The van der Waals surface area contributed by atoms with Crippen molar-refractivity contribution in [2.75, 3.05) is 32.8 Å². The number of hydrogen-bond acceptors (Lipinski definition) is 6. The SMILES string of the molecule is COc1cc(NC(C(=O)c2c[nH]c3cc(C)c(C)cc23)c2ccc(Cl)cc2OC)cc(OCCO)c1. The average molecular weight is 509 g/mol. The first-order chi connectivity index (χ1) is 17.3. The van der Waals surface area contributed by atoms with E-state index < -0.39 is 6.04 Å². The van der Waals surface area contributed by atoms with Crippen LogP contribution in [0.25, 0.3) is 10.9 Å². The number of hydrogen-bond donors (Lipinski definition) is 3. The predicted octanol–water partition coefficient (Wildman–Crippen LogP) is 5.86. The fraction of sp³-hybridized carbons (Fsp3) is 0.250. The molecule has 8 heteroatoms. The van der Waals surface area contributed by atoms with Gasteiger partial charge >= 0.3 is 0 Å². The molecule has 1 unspecified atom stereocenters. The lowest BCUT2D eigenvalue weighted by molar-refractivity contribution is 0.0970. The van der Waals surface area contributed by atoms with E-state index in [2.05, 4.69) is 10.3 Å². The summed E-state index contributed by atoms with van der Waals surface area (Å²) < 4.78 is 16.6. The van der Waals surface area contributed by atoms with Crippen molar-refractivity contribution in [3.05, 3.63) is 82.0 Å². The van der Waals surface area contributed by atoms with Crippen LogP contribution in [0.15, 0.2) is 54.7 Å². The van der Waals surface area contributed by atoms with Crippen molar-refractivity contribution < 1.29 is 24.1 Å². The first kappa shape index (κ1) is 25.4. The molecule has 3 N–H and O–H groups in total. The number of methoxy groups -OCH3 is 2. The molecule has 1 aromatic heterocycles. The van der Waals surface area contributed by atoms with Crippen LogP contribution in [0.2, 0.25) is 5.02 Å². The van der Waals surface area contributed by atoms with Crippen molar-refractivity contribution in [3.63, 3.8) is 0 Å². The van der Waals surface area contributed by atoms with Crippen molar-refractivity contribution in [2.24, 2.45) is 0 Å². The fourth-order valence-corrected chi connectivity index (χ4v) is 4.30. The topological polar surface area (TPSA) is 92.8 Å². The van der Waals surface area contributed by atoms with Crippen LogP contribution < -0.4 is 19.5 Å².